The summed E-state index contributed by atoms with van der Waals surface area (Å²) in [6, 6.07) is 23.1. The van der Waals surface area contributed by atoms with Gasteiger partial charge >= 0.3 is 0 Å². The lowest BCUT2D eigenvalue weighted by atomic mass is 10.0. The van der Waals surface area contributed by atoms with Gasteiger partial charge in [0.25, 0.3) is 0 Å². The summed E-state index contributed by atoms with van der Waals surface area (Å²) >= 11 is 0. The third-order valence-electron chi connectivity index (χ3n) is 10.4. The molecule has 4 aliphatic rings. The van der Waals surface area contributed by atoms with Crippen molar-refractivity contribution in [1.29, 1.82) is 0 Å². The Labute approximate surface area is 314 Å². The Bertz CT molecular complexity index is 1910. The molecule has 278 valence electrons. The van der Waals surface area contributed by atoms with Crippen LogP contribution in [0.25, 0.3) is 22.3 Å². The van der Waals surface area contributed by atoms with E-state index in [0.29, 0.717) is 37.6 Å². The Hall–Kier alpha value is -4.66. The molecule has 4 aromatic carbocycles. The Balaban J connectivity index is 0.000000164. The lowest BCUT2D eigenvalue weighted by molar-refractivity contribution is 0.103. The normalized spacial score (nSPS) is 15.7. The van der Waals surface area contributed by atoms with Crippen molar-refractivity contribution in [1.82, 2.24) is 9.80 Å². The fourth-order valence-electron chi connectivity index (χ4n) is 7.77. The first-order valence-corrected chi connectivity index (χ1v) is 19.7. The molecule has 2 heterocycles. The van der Waals surface area contributed by atoms with Gasteiger partial charge in [0.2, 0.25) is 0 Å². The number of nitrogens with zero attached hydrogens (tertiary/aromatic N) is 2. The van der Waals surface area contributed by atoms with Crippen molar-refractivity contribution in [3.63, 3.8) is 0 Å². The highest BCUT2D eigenvalue weighted by Gasteiger charge is 2.31. The number of likely N-dealkylation sites (tertiary alicyclic amines) is 2. The number of hydrogen-bond donors (Lipinski definition) is 0. The van der Waals surface area contributed by atoms with Crippen LogP contribution in [-0.2, 0) is 0 Å². The largest absolute Gasteiger partial charge is 0.494 e. The van der Waals surface area contributed by atoms with E-state index in [0.717, 1.165) is 102 Å². The number of rotatable bonds is 15. The minimum absolute atomic E-state index is 0.0574. The predicted molar refractivity (Wildman–Crippen MR) is 209 cm³/mol. The number of carbonyl (C=O) groups is 2. The standard InChI is InChI=1S/C23H27NO3.C22H25NO3/c1-2-14-26-17-9-10-18-20(16-17)23(25)19-7-5-8-21(22(18)19)27-15-6-13-24-11-3-4-12-24;1-2-13-25-16-8-9-17-19(15-16)22(24)18-6-5-7-20(21(17)18)26-14-12-23-10-3-4-11-23/h5,7-10,16H,2-4,6,11-15H2,1H3;5-9,15H,2-4,10-14H2,1H3. The van der Waals surface area contributed by atoms with Crippen LogP contribution in [0.5, 0.6) is 23.0 Å². The van der Waals surface area contributed by atoms with Gasteiger partial charge in [-0.25, -0.2) is 0 Å². The third kappa shape index (κ3) is 8.29. The first kappa shape index (κ1) is 36.7. The molecule has 8 heteroatoms. The highest BCUT2D eigenvalue weighted by molar-refractivity contribution is 6.23. The quantitative estimate of drug-likeness (QED) is 0.0978. The van der Waals surface area contributed by atoms with E-state index in [1.807, 2.05) is 72.8 Å². The molecule has 2 aliphatic carbocycles. The van der Waals surface area contributed by atoms with E-state index in [-0.39, 0.29) is 11.6 Å². The first-order valence-electron chi connectivity index (χ1n) is 19.7. The van der Waals surface area contributed by atoms with Gasteiger partial charge < -0.3 is 23.8 Å². The fourth-order valence-corrected chi connectivity index (χ4v) is 7.77. The van der Waals surface area contributed by atoms with Crippen molar-refractivity contribution in [2.75, 3.05) is 65.7 Å². The summed E-state index contributed by atoms with van der Waals surface area (Å²) in [5.41, 5.74) is 6.65. The maximum atomic E-state index is 12.9. The zero-order valence-corrected chi connectivity index (χ0v) is 31.3. The van der Waals surface area contributed by atoms with Crippen LogP contribution in [0.1, 0.15) is 90.6 Å². The van der Waals surface area contributed by atoms with Crippen LogP contribution in [0.2, 0.25) is 0 Å². The second-order valence-corrected chi connectivity index (χ2v) is 14.3. The molecule has 4 aromatic rings. The molecule has 0 amide bonds. The Morgan fingerprint density at radius 1 is 0.491 bits per heavy atom. The van der Waals surface area contributed by atoms with Gasteiger partial charge in [0.15, 0.2) is 11.6 Å². The molecule has 8 rings (SSSR count). The summed E-state index contributed by atoms with van der Waals surface area (Å²) in [5, 5.41) is 0. The van der Waals surface area contributed by atoms with Crippen molar-refractivity contribution in [3.8, 4) is 45.3 Å². The van der Waals surface area contributed by atoms with Crippen molar-refractivity contribution in [3.05, 3.63) is 95.1 Å². The molecule has 0 aromatic heterocycles. The van der Waals surface area contributed by atoms with E-state index in [1.165, 1.54) is 38.8 Å². The van der Waals surface area contributed by atoms with Gasteiger partial charge in [0.05, 0.1) is 19.8 Å². The molecule has 0 atom stereocenters. The monoisotopic (exact) mass is 716 g/mol. The second kappa shape index (κ2) is 17.4. The van der Waals surface area contributed by atoms with Crippen LogP contribution < -0.4 is 18.9 Å². The number of fused-ring (bicyclic) bond motifs is 6. The fraction of sp³-hybridized carbons (Fsp3) is 0.422. The lowest BCUT2D eigenvalue weighted by Gasteiger charge is -2.16. The predicted octanol–water partition coefficient (Wildman–Crippen LogP) is 8.71. The van der Waals surface area contributed by atoms with Crippen molar-refractivity contribution < 1.29 is 28.5 Å². The summed E-state index contributed by atoms with van der Waals surface area (Å²) in [7, 11) is 0. The van der Waals surface area contributed by atoms with Crippen molar-refractivity contribution in [2.45, 2.75) is 58.8 Å². The third-order valence-corrected chi connectivity index (χ3v) is 10.4. The number of ether oxygens (including phenoxy) is 4. The van der Waals surface area contributed by atoms with E-state index in [4.69, 9.17) is 18.9 Å². The van der Waals surface area contributed by atoms with Gasteiger partial charge in [-0.05, 0) is 131 Å². The Morgan fingerprint density at radius 3 is 1.45 bits per heavy atom. The topological polar surface area (TPSA) is 77.5 Å². The number of hydrogen-bond acceptors (Lipinski definition) is 8. The summed E-state index contributed by atoms with van der Waals surface area (Å²) < 4.78 is 23.6. The van der Waals surface area contributed by atoms with Gasteiger partial charge in [-0.1, -0.05) is 38.1 Å². The highest BCUT2D eigenvalue weighted by Crippen LogP contribution is 2.45. The molecule has 8 nitrogen and oxygen atoms in total. The van der Waals surface area contributed by atoms with E-state index in [9.17, 15) is 9.59 Å². The van der Waals surface area contributed by atoms with Crippen molar-refractivity contribution in [2.24, 2.45) is 0 Å². The number of benzene rings is 4. The van der Waals surface area contributed by atoms with E-state index in [1.54, 1.807) is 0 Å². The first-order chi connectivity index (χ1) is 26.1. The summed E-state index contributed by atoms with van der Waals surface area (Å²) in [5.74, 6) is 3.23. The van der Waals surface area contributed by atoms with Crippen LogP contribution >= 0.6 is 0 Å². The summed E-state index contributed by atoms with van der Waals surface area (Å²) in [6.45, 7) is 13.6. The second-order valence-electron chi connectivity index (χ2n) is 14.3. The molecular weight excluding hydrogens is 665 g/mol. The summed E-state index contributed by atoms with van der Waals surface area (Å²) in [4.78, 5) is 30.6. The van der Waals surface area contributed by atoms with E-state index in [2.05, 4.69) is 23.6 Å². The van der Waals surface area contributed by atoms with E-state index < -0.39 is 0 Å². The summed E-state index contributed by atoms with van der Waals surface area (Å²) in [6.07, 6.45) is 8.09. The number of carbonyl (C=O) groups excluding carboxylic acids is 2. The van der Waals surface area contributed by atoms with Gasteiger partial charge in [-0.15, -0.1) is 0 Å². The average Bonchev–Trinajstić information content (AvgIpc) is 4.01. The van der Waals surface area contributed by atoms with E-state index >= 15 is 0 Å². The molecule has 0 spiro atoms. The average molecular weight is 717 g/mol. The zero-order valence-electron chi connectivity index (χ0n) is 31.3. The molecule has 0 unspecified atom stereocenters. The van der Waals surface area contributed by atoms with Gasteiger partial charge in [0, 0.05) is 46.5 Å². The minimum Gasteiger partial charge on any atom is -0.494 e. The van der Waals surface area contributed by atoms with Gasteiger partial charge in [-0.3, -0.25) is 14.5 Å². The van der Waals surface area contributed by atoms with Crippen LogP contribution in [0, 0.1) is 0 Å². The molecule has 0 saturated carbocycles. The molecular formula is C45H52N2O6. The molecule has 2 fully saturated rings. The van der Waals surface area contributed by atoms with Crippen LogP contribution in [0.3, 0.4) is 0 Å². The van der Waals surface area contributed by atoms with Crippen LogP contribution in [-0.4, -0.2) is 87.1 Å². The molecule has 0 bridgehead atoms. The van der Waals surface area contributed by atoms with Crippen molar-refractivity contribution >= 4 is 11.6 Å². The lowest BCUT2D eigenvalue weighted by Crippen LogP contribution is -2.25. The minimum atomic E-state index is 0.0574. The Kier molecular flexibility index (Phi) is 12.1. The molecule has 2 aliphatic heterocycles. The van der Waals surface area contributed by atoms with Gasteiger partial charge in [0.1, 0.15) is 29.6 Å². The maximum absolute atomic E-state index is 12.9. The molecule has 2 saturated heterocycles. The zero-order chi connectivity index (χ0) is 36.6. The van der Waals surface area contributed by atoms with Crippen LogP contribution in [0.4, 0.5) is 0 Å². The molecule has 0 radical (unpaired) electrons. The smallest absolute Gasteiger partial charge is 0.194 e. The van der Waals surface area contributed by atoms with Gasteiger partial charge in [-0.2, -0.15) is 0 Å². The maximum Gasteiger partial charge on any atom is 0.194 e. The Morgan fingerprint density at radius 2 is 0.962 bits per heavy atom. The van der Waals surface area contributed by atoms with Crippen LogP contribution in [0.15, 0.2) is 72.8 Å². The molecule has 53 heavy (non-hydrogen) atoms. The number of ketones is 2. The SMILES string of the molecule is CCCOc1ccc2c(c1)C(=O)c1cccc(OCCCN3CCCC3)c1-2.CCCOc1ccc2c(c1)C(=O)c1cccc(OCCN3CCCC3)c1-2. The molecule has 0 N–H and O–H groups in total. The highest BCUT2D eigenvalue weighted by atomic mass is 16.5.